The van der Waals surface area contributed by atoms with Gasteiger partial charge in [0.1, 0.15) is 0 Å². The topological polar surface area (TPSA) is 49.3 Å². The molecule has 0 spiro atoms. The van der Waals surface area contributed by atoms with Crippen LogP contribution in [0.4, 0.5) is 0 Å². The lowest BCUT2D eigenvalue weighted by atomic mass is 9.62. The third-order valence-electron chi connectivity index (χ3n) is 2.87. The van der Waals surface area contributed by atoms with E-state index < -0.39 is 5.97 Å². The van der Waals surface area contributed by atoms with E-state index in [4.69, 9.17) is 5.11 Å². The molecule has 64 valence electrons. The zero-order chi connectivity index (χ0) is 7.35. The minimum atomic E-state index is -0.635. The second kappa shape index (κ2) is 2.35. The molecule has 3 atom stereocenters. The first-order valence-electron chi connectivity index (χ1n) is 3.60. The Morgan fingerprint density at radius 2 is 2.36 bits per heavy atom. The van der Waals surface area contributed by atoms with E-state index in [0.717, 1.165) is 13.0 Å². The van der Waals surface area contributed by atoms with Crippen LogP contribution in [0.15, 0.2) is 0 Å². The fraction of sp³-hybridized carbons (Fsp3) is 0.857. The third kappa shape index (κ3) is 0.948. The molecule has 2 heterocycles. The van der Waals surface area contributed by atoms with Crippen LogP contribution in [0.2, 0.25) is 0 Å². The van der Waals surface area contributed by atoms with Crippen molar-refractivity contribution in [2.75, 3.05) is 6.54 Å². The summed E-state index contributed by atoms with van der Waals surface area (Å²) in [7, 11) is 0. The van der Waals surface area contributed by atoms with Gasteiger partial charge in [-0.2, -0.15) is 0 Å². The van der Waals surface area contributed by atoms with Crippen molar-refractivity contribution in [3.63, 3.8) is 0 Å². The fourth-order valence-corrected chi connectivity index (χ4v) is 2.28. The lowest BCUT2D eigenvalue weighted by molar-refractivity contribution is -0.150. The zero-order valence-electron chi connectivity index (χ0n) is 6.33. The van der Waals surface area contributed by atoms with Gasteiger partial charge in [-0.1, -0.05) is 6.92 Å². The summed E-state index contributed by atoms with van der Waals surface area (Å²) in [5, 5.41) is 11.9. The number of carbonyl (C=O) groups is 1. The molecule has 3 aliphatic rings. The van der Waals surface area contributed by atoms with E-state index in [9.17, 15) is 4.79 Å². The van der Waals surface area contributed by atoms with Gasteiger partial charge < -0.3 is 10.4 Å². The van der Waals surface area contributed by atoms with Gasteiger partial charge in [0.2, 0.25) is 0 Å². The molecule has 11 heavy (non-hydrogen) atoms. The highest BCUT2D eigenvalue weighted by molar-refractivity contribution is 5.85. The number of hydrogen-bond acceptors (Lipinski definition) is 2. The Morgan fingerprint density at radius 3 is 2.55 bits per heavy atom. The summed E-state index contributed by atoms with van der Waals surface area (Å²) >= 11 is 0. The predicted molar refractivity (Wildman–Crippen MR) is 42.9 cm³/mol. The first kappa shape index (κ1) is 8.81. The maximum Gasteiger partial charge on any atom is 0.308 e. The van der Waals surface area contributed by atoms with Gasteiger partial charge in [0, 0.05) is 12.6 Å². The Bertz CT molecular complexity index is 193. The highest BCUT2D eigenvalue weighted by atomic mass is 35.5. The normalized spacial score (nSPS) is 45.9. The molecule has 3 rings (SSSR count). The molecular formula is C7H12ClNO2. The van der Waals surface area contributed by atoms with Crippen LogP contribution < -0.4 is 5.32 Å². The summed E-state index contributed by atoms with van der Waals surface area (Å²) in [6.45, 7) is 2.93. The van der Waals surface area contributed by atoms with Crippen molar-refractivity contribution in [2.24, 2.45) is 11.3 Å². The maximum absolute atomic E-state index is 10.6. The number of carboxylic acid groups (broad SMARTS) is 1. The van der Waals surface area contributed by atoms with Crippen molar-refractivity contribution in [2.45, 2.75) is 19.4 Å². The summed E-state index contributed by atoms with van der Waals surface area (Å²) in [6, 6.07) is 0.266. The van der Waals surface area contributed by atoms with Crippen molar-refractivity contribution in [3.05, 3.63) is 0 Å². The van der Waals surface area contributed by atoms with Crippen LogP contribution in [0.1, 0.15) is 13.3 Å². The molecule has 4 heteroatoms. The standard InChI is InChI=1S/C7H11NO2.ClH/c1-7-2-4(8-3-7)5(7)6(9)10;/h4-5,8H,2-3H2,1H3,(H,9,10);1H/t4-,5+,7-;/m1./s1. The number of hydrogen-bond donors (Lipinski definition) is 2. The predicted octanol–water partition coefficient (Wildman–Crippen LogP) is 0.491. The molecule has 2 aliphatic heterocycles. The molecule has 1 aliphatic carbocycles. The van der Waals surface area contributed by atoms with E-state index in [2.05, 4.69) is 5.32 Å². The van der Waals surface area contributed by atoms with E-state index in [-0.39, 0.29) is 29.8 Å². The molecule has 2 bridgehead atoms. The van der Waals surface area contributed by atoms with Crippen LogP contribution in [0, 0.1) is 11.3 Å². The summed E-state index contributed by atoms with van der Waals surface area (Å²) in [4.78, 5) is 10.6. The molecule has 0 unspecified atom stereocenters. The Hall–Kier alpha value is -0.280. The molecule has 0 radical (unpaired) electrons. The number of carboxylic acids is 1. The number of fused-ring (bicyclic) bond motifs is 1. The Labute approximate surface area is 71.6 Å². The minimum Gasteiger partial charge on any atom is -0.481 e. The van der Waals surface area contributed by atoms with Crippen molar-refractivity contribution in [1.82, 2.24) is 5.32 Å². The molecule has 3 fully saturated rings. The molecule has 0 aromatic heterocycles. The first-order chi connectivity index (χ1) is 4.63. The van der Waals surface area contributed by atoms with Crippen LogP contribution >= 0.6 is 12.4 Å². The molecular weight excluding hydrogens is 166 g/mol. The monoisotopic (exact) mass is 177 g/mol. The van der Waals surface area contributed by atoms with E-state index >= 15 is 0 Å². The number of nitrogens with one attached hydrogen (secondary N) is 1. The molecule has 0 amide bonds. The molecule has 3 nitrogen and oxygen atoms in total. The van der Waals surface area contributed by atoms with Crippen LogP contribution in [-0.2, 0) is 4.79 Å². The summed E-state index contributed by atoms with van der Waals surface area (Å²) in [5.74, 6) is -0.753. The van der Waals surface area contributed by atoms with Gasteiger partial charge in [0.05, 0.1) is 5.92 Å². The van der Waals surface area contributed by atoms with E-state index in [1.807, 2.05) is 6.92 Å². The maximum atomic E-state index is 10.6. The molecule has 2 N–H and O–H groups in total. The number of halogens is 1. The van der Waals surface area contributed by atoms with Crippen molar-refractivity contribution in [3.8, 4) is 0 Å². The quantitative estimate of drug-likeness (QED) is 0.613. The molecule has 1 saturated carbocycles. The Kier molecular flexibility index (Phi) is 1.89. The van der Waals surface area contributed by atoms with Gasteiger partial charge in [0.15, 0.2) is 0 Å². The molecule has 0 aromatic rings. The van der Waals surface area contributed by atoms with Gasteiger partial charge >= 0.3 is 5.97 Å². The average molecular weight is 178 g/mol. The first-order valence-corrected chi connectivity index (χ1v) is 3.60. The lowest BCUT2D eigenvalue weighted by Gasteiger charge is -2.40. The highest BCUT2D eigenvalue weighted by Gasteiger charge is 2.59. The summed E-state index contributed by atoms with van der Waals surface area (Å²) in [6.07, 6.45) is 1.05. The van der Waals surface area contributed by atoms with Crippen LogP contribution in [0.25, 0.3) is 0 Å². The molecule has 2 saturated heterocycles. The van der Waals surface area contributed by atoms with E-state index in [1.54, 1.807) is 0 Å². The van der Waals surface area contributed by atoms with Crippen LogP contribution in [0.3, 0.4) is 0 Å². The Balaban J connectivity index is 0.000000605. The second-order valence-electron chi connectivity index (χ2n) is 3.66. The van der Waals surface area contributed by atoms with Gasteiger partial charge in [0.25, 0.3) is 0 Å². The fourth-order valence-electron chi connectivity index (χ4n) is 2.28. The largest absolute Gasteiger partial charge is 0.481 e. The lowest BCUT2D eigenvalue weighted by Crippen LogP contribution is -2.48. The van der Waals surface area contributed by atoms with Crippen LogP contribution in [0.5, 0.6) is 0 Å². The highest BCUT2D eigenvalue weighted by Crippen LogP contribution is 2.51. The third-order valence-corrected chi connectivity index (χ3v) is 2.87. The van der Waals surface area contributed by atoms with Crippen molar-refractivity contribution < 1.29 is 9.90 Å². The van der Waals surface area contributed by atoms with Gasteiger partial charge in [-0.15, -0.1) is 12.4 Å². The zero-order valence-corrected chi connectivity index (χ0v) is 7.15. The summed E-state index contributed by atoms with van der Waals surface area (Å²) in [5.41, 5.74) is 0.0660. The van der Waals surface area contributed by atoms with Crippen molar-refractivity contribution >= 4 is 18.4 Å². The molecule has 0 aromatic carbocycles. The van der Waals surface area contributed by atoms with Gasteiger partial charge in [-0.25, -0.2) is 0 Å². The number of aliphatic carboxylic acids is 1. The number of rotatable bonds is 1. The SMILES string of the molecule is C[C@]12CN[C@H](C1)[C@H]2C(=O)O.Cl. The van der Waals surface area contributed by atoms with E-state index in [0.29, 0.717) is 0 Å². The smallest absolute Gasteiger partial charge is 0.308 e. The van der Waals surface area contributed by atoms with Gasteiger partial charge in [-0.05, 0) is 11.8 Å². The van der Waals surface area contributed by atoms with Gasteiger partial charge in [-0.3, -0.25) is 4.79 Å². The van der Waals surface area contributed by atoms with E-state index in [1.165, 1.54) is 0 Å². The minimum absolute atomic E-state index is 0. The Morgan fingerprint density at radius 1 is 1.73 bits per heavy atom. The van der Waals surface area contributed by atoms with Crippen LogP contribution in [-0.4, -0.2) is 23.7 Å². The van der Waals surface area contributed by atoms with Crippen molar-refractivity contribution in [1.29, 1.82) is 0 Å². The summed E-state index contributed by atoms with van der Waals surface area (Å²) < 4.78 is 0. The second-order valence-corrected chi connectivity index (χ2v) is 3.66. The average Bonchev–Trinajstić information content (AvgIpc) is 2.20.